The van der Waals surface area contributed by atoms with Crippen molar-refractivity contribution in [1.82, 2.24) is 4.90 Å². The largest absolute Gasteiger partial charge is 0.497 e. The van der Waals surface area contributed by atoms with Crippen molar-refractivity contribution in [2.75, 3.05) is 19.6 Å². The number of amides is 1. The van der Waals surface area contributed by atoms with E-state index in [1.54, 1.807) is 11.1 Å². The molecule has 2 fully saturated rings. The molecule has 0 unspecified atom stereocenters. The molecule has 0 aliphatic carbocycles. The zero-order valence-electron chi connectivity index (χ0n) is 18.4. The van der Waals surface area contributed by atoms with Crippen molar-refractivity contribution < 1.29 is 18.8 Å². The number of allylic oxidation sites excluding steroid dienone is 1. The van der Waals surface area contributed by atoms with Gasteiger partial charge in [-0.2, -0.15) is 0 Å². The van der Waals surface area contributed by atoms with Crippen molar-refractivity contribution in [1.29, 1.82) is 0 Å². The zero-order chi connectivity index (χ0) is 21.2. The second kappa shape index (κ2) is 8.45. The van der Waals surface area contributed by atoms with E-state index in [0.717, 1.165) is 18.3 Å². The predicted molar refractivity (Wildman–Crippen MR) is 112 cm³/mol. The Kier molecular flexibility index (Phi) is 6.87. The van der Waals surface area contributed by atoms with Crippen LogP contribution in [0, 0.1) is 5.92 Å². The number of carbonyl (C=O) groups is 1. The number of nitrogens with two attached hydrogens (primary N) is 1. The molecule has 2 aliphatic heterocycles. The summed E-state index contributed by atoms with van der Waals surface area (Å²) in [6, 6.07) is 0. The molecule has 2 heterocycles. The zero-order valence-corrected chi connectivity index (χ0v) is 18.4. The third-order valence-electron chi connectivity index (χ3n) is 5.59. The quantitative estimate of drug-likeness (QED) is 0.586. The summed E-state index contributed by atoms with van der Waals surface area (Å²) >= 11 is 0. The maximum absolute atomic E-state index is 12.1. The van der Waals surface area contributed by atoms with Gasteiger partial charge in [-0.15, -0.1) is 0 Å². The molecule has 2 rings (SSSR count). The van der Waals surface area contributed by atoms with Gasteiger partial charge in [0.05, 0.1) is 11.2 Å². The summed E-state index contributed by atoms with van der Waals surface area (Å²) in [5.41, 5.74) is 5.23. The van der Waals surface area contributed by atoms with E-state index < -0.39 is 23.9 Å². The Morgan fingerprint density at radius 2 is 1.75 bits per heavy atom. The average Bonchev–Trinajstić information content (AvgIpc) is 2.78. The lowest BCUT2D eigenvalue weighted by atomic mass is 9.79. The van der Waals surface area contributed by atoms with E-state index in [-0.39, 0.29) is 6.09 Å². The van der Waals surface area contributed by atoms with Gasteiger partial charge in [0.1, 0.15) is 5.60 Å². The Morgan fingerprint density at radius 1 is 1.21 bits per heavy atom. The van der Waals surface area contributed by atoms with Crippen LogP contribution >= 0.6 is 0 Å². The molecule has 158 valence electrons. The molecule has 0 spiro atoms. The normalized spacial score (nSPS) is 23.5. The molecule has 1 amide bonds. The van der Waals surface area contributed by atoms with Gasteiger partial charge < -0.3 is 24.7 Å². The van der Waals surface area contributed by atoms with Crippen LogP contribution in [0.15, 0.2) is 16.7 Å². The molecule has 0 aromatic heterocycles. The molecule has 0 saturated carbocycles. The fraction of sp³-hybridized carbons (Fsp3) is 0.800. The molecule has 0 aromatic carbocycles. The summed E-state index contributed by atoms with van der Waals surface area (Å²) in [7, 11) is -0.507. The first-order chi connectivity index (χ1) is 12.8. The third kappa shape index (κ3) is 5.73. The Bertz CT molecular complexity index is 601. The first-order valence-corrected chi connectivity index (χ1v) is 10.1. The number of aliphatic imine (C=N–C) groups is 1. The number of likely N-dealkylation sites (tertiary alicyclic amines) is 1. The lowest BCUT2D eigenvalue weighted by molar-refractivity contribution is 0.00578. The van der Waals surface area contributed by atoms with Crippen molar-refractivity contribution in [3.63, 3.8) is 0 Å². The molecule has 2 saturated heterocycles. The van der Waals surface area contributed by atoms with Crippen LogP contribution in [0.5, 0.6) is 0 Å². The molecule has 7 nitrogen and oxygen atoms in total. The van der Waals surface area contributed by atoms with Crippen LogP contribution in [0.4, 0.5) is 4.79 Å². The molecule has 28 heavy (non-hydrogen) atoms. The van der Waals surface area contributed by atoms with Crippen molar-refractivity contribution >= 4 is 19.4 Å². The van der Waals surface area contributed by atoms with Gasteiger partial charge in [0, 0.05) is 31.3 Å². The van der Waals surface area contributed by atoms with Crippen LogP contribution in [0.3, 0.4) is 0 Å². The Balaban J connectivity index is 1.81. The second-order valence-corrected chi connectivity index (χ2v) is 9.66. The highest BCUT2D eigenvalue weighted by molar-refractivity contribution is 6.60. The molecule has 0 aromatic rings. The summed E-state index contributed by atoms with van der Waals surface area (Å²) < 4.78 is 17.5. The predicted octanol–water partition coefficient (Wildman–Crippen LogP) is 3.18. The lowest BCUT2D eigenvalue weighted by Gasteiger charge is -2.32. The summed E-state index contributed by atoms with van der Waals surface area (Å²) in [6.45, 7) is 15.8. The molecular formula is C20H36BN3O4. The molecular weight excluding hydrogens is 357 g/mol. The number of nitrogens with zero attached hydrogens (tertiary/aromatic N) is 2. The number of ether oxygens (including phenoxy) is 1. The van der Waals surface area contributed by atoms with Crippen LogP contribution in [0.2, 0.25) is 0 Å². The van der Waals surface area contributed by atoms with Gasteiger partial charge in [0.15, 0.2) is 0 Å². The summed E-state index contributed by atoms with van der Waals surface area (Å²) in [5.74, 6) is 0.437. The maximum atomic E-state index is 12.1. The monoisotopic (exact) mass is 393 g/mol. The van der Waals surface area contributed by atoms with Crippen molar-refractivity contribution in [3.05, 3.63) is 11.7 Å². The maximum Gasteiger partial charge on any atom is 0.497 e. The van der Waals surface area contributed by atoms with Crippen LogP contribution in [0.25, 0.3) is 0 Å². The number of rotatable bonds is 4. The fourth-order valence-corrected chi connectivity index (χ4v) is 3.09. The van der Waals surface area contributed by atoms with E-state index in [1.165, 1.54) is 6.20 Å². The van der Waals surface area contributed by atoms with E-state index >= 15 is 0 Å². The van der Waals surface area contributed by atoms with Gasteiger partial charge >= 0.3 is 13.2 Å². The van der Waals surface area contributed by atoms with E-state index in [0.29, 0.717) is 25.6 Å². The minimum atomic E-state index is -0.507. The first-order valence-electron chi connectivity index (χ1n) is 10.1. The van der Waals surface area contributed by atoms with E-state index in [4.69, 9.17) is 19.8 Å². The van der Waals surface area contributed by atoms with Crippen LogP contribution in [-0.2, 0) is 14.0 Å². The third-order valence-corrected chi connectivity index (χ3v) is 5.59. The molecule has 8 heteroatoms. The highest BCUT2D eigenvalue weighted by Gasteiger charge is 2.52. The highest BCUT2D eigenvalue weighted by atomic mass is 16.7. The average molecular weight is 393 g/mol. The van der Waals surface area contributed by atoms with Gasteiger partial charge in [-0.05, 0) is 73.4 Å². The first kappa shape index (κ1) is 22.8. The molecule has 0 bridgehead atoms. The Morgan fingerprint density at radius 3 is 2.21 bits per heavy atom. The lowest BCUT2D eigenvalue weighted by Crippen LogP contribution is -2.42. The minimum absolute atomic E-state index is 0.233. The van der Waals surface area contributed by atoms with E-state index in [9.17, 15) is 4.79 Å². The van der Waals surface area contributed by atoms with Crippen LogP contribution in [-0.4, -0.2) is 60.8 Å². The van der Waals surface area contributed by atoms with Crippen LogP contribution < -0.4 is 5.73 Å². The van der Waals surface area contributed by atoms with Crippen molar-refractivity contribution in [2.45, 2.75) is 78.1 Å². The molecule has 2 aliphatic rings. The topological polar surface area (TPSA) is 86.4 Å². The Labute approximate surface area is 169 Å². The fourth-order valence-electron chi connectivity index (χ4n) is 3.09. The molecule has 0 radical (unpaired) electrons. The van der Waals surface area contributed by atoms with E-state index in [2.05, 4.69) is 4.99 Å². The molecule has 2 N–H and O–H groups in total. The van der Waals surface area contributed by atoms with Gasteiger partial charge in [-0.3, -0.25) is 4.99 Å². The van der Waals surface area contributed by atoms with E-state index in [1.807, 2.05) is 48.5 Å². The molecule has 0 atom stereocenters. The van der Waals surface area contributed by atoms with Gasteiger partial charge in [-0.1, -0.05) is 0 Å². The summed E-state index contributed by atoms with van der Waals surface area (Å²) in [4.78, 5) is 18.5. The number of hydrogen-bond acceptors (Lipinski definition) is 6. The van der Waals surface area contributed by atoms with Crippen molar-refractivity contribution in [3.8, 4) is 0 Å². The van der Waals surface area contributed by atoms with Crippen LogP contribution in [0.1, 0.15) is 61.3 Å². The highest BCUT2D eigenvalue weighted by Crippen LogP contribution is 2.38. The number of hydrogen-bond donors (Lipinski definition) is 1. The van der Waals surface area contributed by atoms with Gasteiger partial charge in [-0.25, -0.2) is 4.79 Å². The number of carbonyl (C=O) groups excluding carboxylic acids is 1. The Hall–Kier alpha value is -1.54. The SMILES string of the molecule is CC(C)(C)OC(=O)N1CCC(CN=CC(=CN)B2OC(C)(C)C(C)(C)O2)CC1. The van der Waals surface area contributed by atoms with Crippen molar-refractivity contribution in [2.24, 2.45) is 16.6 Å². The standard InChI is InChI=1S/C20H36BN3O4/c1-18(2,3)26-17(25)24-10-8-15(9-11-24)13-23-14-16(12-22)21-27-19(4,5)20(6,7)28-21/h12,14-15H,8-11,13,22H2,1-7H3. The number of piperidine rings is 1. The second-order valence-electron chi connectivity index (χ2n) is 9.66. The summed E-state index contributed by atoms with van der Waals surface area (Å²) in [5, 5.41) is 0. The van der Waals surface area contributed by atoms with Gasteiger partial charge in [0.25, 0.3) is 0 Å². The smallest absolute Gasteiger partial charge is 0.444 e. The minimum Gasteiger partial charge on any atom is -0.444 e. The summed E-state index contributed by atoms with van der Waals surface area (Å²) in [6.07, 6.45) is 4.84. The van der Waals surface area contributed by atoms with Gasteiger partial charge in [0.2, 0.25) is 0 Å².